The molecule has 0 spiro atoms. The molecule has 1 aliphatic rings. The zero-order valence-corrected chi connectivity index (χ0v) is 11.3. The summed E-state index contributed by atoms with van der Waals surface area (Å²) in [7, 11) is 0. The van der Waals surface area contributed by atoms with Gasteiger partial charge in [0.05, 0.1) is 0 Å². The Morgan fingerprint density at radius 2 is 1.53 bits per heavy atom. The highest BCUT2D eigenvalue weighted by Crippen LogP contribution is 2.29. The van der Waals surface area contributed by atoms with Gasteiger partial charge in [0, 0.05) is 32.3 Å². The van der Waals surface area contributed by atoms with Crippen LogP contribution in [0.3, 0.4) is 0 Å². The van der Waals surface area contributed by atoms with Gasteiger partial charge in [0.2, 0.25) is 0 Å². The lowest BCUT2D eigenvalue weighted by Crippen LogP contribution is -2.41. The van der Waals surface area contributed by atoms with Crippen molar-refractivity contribution in [1.29, 1.82) is 0 Å². The van der Waals surface area contributed by atoms with Crippen molar-refractivity contribution in [3.8, 4) is 0 Å². The Bertz CT molecular complexity index is 173. The molecule has 0 aliphatic heterocycles. The summed E-state index contributed by atoms with van der Waals surface area (Å²) in [6.07, 6.45) is 8.57. The highest BCUT2D eigenvalue weighted by atomic mass is 16.3. The largest absolute Gasteiger partial charge is 0.396 e. The fourth-order valence-corrected chi connectivity index (χ4v) is 2.98. The molecule has 0 saturated heterocycles. The first-order valence-electron chi connectivity index (χ1n) is 7.25. The van der Waals surface area contributed by atoms with Gasteiger partial charge in [-0.1, -0.05) is 19.3 Å². The molecular weight excluding hydrogens is 214 g/mol. The van der Waals surface area contributed by atoms with Crippen LogP contribution in [0.1, 0.15) is 51.9 Å². The summed E-state index contributed by atoms with van der Waals surface area (Å²) in [5.41, 5.74) is 0. The first-order valence-corrected chi connectivity index (χ1v) is 7.25. The number of rotatable bonds is 8. The first-order chi connectivity index (χ1) is 8.29. The number of nitrogens with zero attached hydrogens (tertiary/aromatic N) is 1. The van der Waals surface area contributed by atoms with E-state index in [1.54, 1.807) is 0 Å². The van der Waals surface area contributed by atoms with Crippen LogP contribution in [0.5, 0.6) is 0 Å². The molecule has 3 heteroatoms. The van der Waals surface area contributed by atoms with Crippen LogP contribution < -0.4 is 0 Å². The van der Waals surface area contributed by atoms with Crippen molar-refractivity contribution >= 4 is 0 Å². The molecule has 102 valence electrons. The Morgan fingerprint density at radius 1 is 1.00 bits per heavy atom. The molecule has 0 heterocycles. The van der Waals surface area contributed by atoms with E-state index in [-0.39, 0.29) is 13.2 Å². The molecule has 1 rings (SSSR count). The van der Waals surface area contributed by atoms with Gasteiger partial charge in [-0.2, -0.15) is 0 Å². The molecule has 0 bridgehead atoms. The number of hydrogen-bond acceptors (Lipinski definition) is 3. The third kappa shape index (κ3) is 5.36. The standard InChI is InChI=1S/C14H29NO2/c1-13(14-7-3-2-4-8-14)15(9-5-11-16)10-6-12-17/h13-14,16-17H,2-12H2,1H3. The minimum Gasteiger partial charge on any atom is -0.396 e. The van der Waals surface area contributed by atoms with Crippen molar-refractivity contribution in [3.63, 3.8) is 0 Å². The third-order valence-corrected chi connectivity index (χ3v) is 4.11. The maximum atomic E-state index is 8.96. The lowest BCUT2D eigenvalue weighted by molar-refractivity contribution is 0.111. The van der Waals surface area contributed by atoms with Crippen molar-refractivity contribution in [3.05, 3.63) is 0 Å². The first kappa shape index (κ1) is 14.9. The Hall–Kier alpha value is -0.120. The number of aliphatic hydroxyl groups excluding tert-OH is 2. The highest BCUT2D eigenvalue weighted by Gasteiger charge is 2.24. The van der Waals surface area contributed by atoms with Crippen LogP contribution in [-0.4, -0.2) is 47.5 Å². The van der Waals surface area contributed by atoms with Crippen LogP contribution in [0.15, 0.2) is 0 Å². The van der Waals surface area contributed by atoms with Crippen LogP contribution in [0.4, 0.5) is 0 Å². The molecule has 1 aliphatic carbocycles. The normalized spacial score (nSPS) is 19.8. The van der Waals surface area contributed by atoms with E-state index in [2.05, 4.69) is 11.8 Å². The number of aliphatic hydroxyl groups is 2. The number of hydrogen-bond donors (Lipinski definition) is 2. The van der Waals surface area contributed by atoms with Crippen LogP contribution in [-0.2, 0) is 0 Å². The molecule has 1 fully saturated rings. The van der Waals surface area contributed by atoms with Crippen LogP contribution in [0.2, 0.25) is 0 Å². The quantitative estimate of drug-likeness (QED) is 0.685. The molecule has 0 radical (unpaired) electrons. The zero-order chi connectivity index (χ0) is 12.5. The van der Waals surface area contributed by atoms with Gasteiger partial charge in [-0.15, -0.1) is 0 Å². The maximum Gasteiger partial charge on any atom is 0.0443 e. The van der Waals surface area contributed by atoms with Gasteiger partial charge < -0.3 is 15.1 Å². The summed E-state index contributed by atoms with van der Waals surface area (Å²) >= 11 is 0. The van der Waals surface area contributed by atoms with Crippen LogP contribution >= 0.6 is 0 Å². The monoisotopic (exact) mass is 243 g/mol. The Balaban J connectivity index is 2.41. The molecule has 0 amide bonds. The molecule has 0 aromatic rings. The van der Waals surface area contributed by atoms with Gasteiger partial charge in [0.25, 0.3) is 0 Å². The lowest BCUT2D eigenvalue weighted by atomic mass is 9.84. The van der Waals surface area contributed by atoms with Crippen LogP contribution in [0, 0.1) is 5.92 Å². The van der Waals surface area contributed by atoms with E-state index in [1.165, 1.54) is 32.1 Å². The summed E-state index contributed by atoms with van der Waals surface area (Å²) in [6, 6.07) is 0.605. The zero-order valence-electron chi connectivity index (χ0n) is 11.3. The van der Waals surface area contributed by atoms with Gasteiger partial charge in [-0.05, 0) is 38.5 Å². The molecule has 3 nitrogen and oxygen atoms in total. The predicted molar refractivity (Wildman–Crippen MR) is 71.0 cm³/mol. The molecule has 1 saturated carbocycles. The van der Waals surface area contributed by atoms with Crippen molar-refractivity contribution < 1.29 is 10.2 Å². The van der Waals surface area contributed by atoms with E-state index in [0.29, 0.717) is 6.04 Å². The second kappa shape index (κ2) is 8.90. The van der Waals surface area contributed by atoms with E-state index < -0.39 is 0 Å². The highest BCUT2D eigenvalue weighted by molar-refractivity contribution is 4.78. The molecule has 2 N–H and O–H groups in total. The van der Waals surface area contributed by atoms with E-state index >= 15 is 0 Å². The predicted octanol–water partition coefficient (Wildman–Crippen LogP) is 2.02. The summed E-state index contributed by atoms with van der Waals surface area (Å²) in [4.78, 5) is 2.46. The molecular formula is C14H29NO2. The molecule has 0 aromatic heterocycles. The average Bonchev–Trinajstić information content (AvgIpc) is 2.39. The van der Waals surface area contributed by atoms with Gasteiger partial charge in [0.1, 0.15) is 0 Å². The van der Waals surface area contributed by atoms with Crippen molar-refractivity contribution in [2.24, 2.45) is 5.92 Å². The third-order valence-electron chi connectivity index (χ3n) is 4.11. The van der Waals surface area contributed by atoms with Gasteiger partial charge in [-0.25, -0.2) is 0 Å². The van der Waals surface area contributed by atoms with E-state index in [4.69, 9.17) is 10.2 Å². The average molecular weight is 243 g/mol. The molecule has 17 heavy (non-hydrogen) atoms. The maximum absolute atomic E-state index is 8.96. The minimum absolute atomic E-state index is 0.271. The summed E-state index contributed by atoms with van der Waals surface area (Å²) in [6.45, 7) is 4.80. The summed E-state index contributed by atoms with van der Waals surface area (Å²) < 4.78 is 0. The topological polar surface area (TPSA) is 43.7 Å². The van der Waals surface area contributed by atoms with E-state index in [9.17, 15) is 0 Å². The molecule has 0 aromatic carbocycles. The SMILES string of the molecule is CC(C1CCCCC1)N(CCCO)CCCO. The molecule has 1 unspecified atom stereocenters. The van der Waals surface area contributed by atoms with Gasteiger partial charge >= 0.3 is 0 Å². The fraction of sp³-hybridized carbons (Fsp3) is 1.00. The molecule has 1 atom stereocenters. The van der Waals surface area contributed by atoms with Crippen molar-refractivity contribution in [2.75, 3.05) is 26.3 Å². The van der Waals surface area contributed by atoms with E-state index in [0.717, 1.165) is 31.8 Å². The van der Waals surface area contributed by atoms with Gasteiger partial charge in [-0.3, -0.25) is 0 Å². The summed E-state index contributed by atoms with van der Waals surface area (Å²) in [5.74, 6) is 0.820. The Morgan fingerprint density at radius 3 is 2.00 bits per heavy atom. The van der Waals surface area contributed by atoms with Crippen LogP contribution in [0.25, 0.3) is 0 Å². The smallest absolute Gasteiger partial charge is 0.0443 e. The van der Waals surface area contributed by atoms with Gasteiger partial charge in [0.15, 0.2) is 0 Å². The minimum atomic E-state index is 0.271. The van der Waals surface area contributed by atoms with Crippen molar-refractivity contribution in [1.82, 2.24) is 4.90 Å². The van der Waals surface area contributed by atoms with E-state index in [1.807, 2.05) is 0 Å². The second-order valence-electron chi connectivity index (χ2n) is 5.33. The second-order valence-corrected chi connectivity index (χ2v) is 5.33. The summed E-state index contributed by atoms with van der Waals surface area (Å²) in [5, 5.41) is 17.9. The Kier molecular flexibility index (Phi) is 7.82. The Labute approximate surface area is 106 Å². The lowest BCUT2D eigenvalue weighted by Gasteiger charge is -2.36. The fourth-order valence-electron chi connectivity index (χ4n) is 2.98. The van der Waals surface area contributed by atoms with Crippen molar-refractivity contribution in [2.45, 2.75) is 57.9 Å².